The van der Waals surface area contributed by atoms with Crippen molar-refractivity contribution in [3.63, 3.8) is 0 Å². The molecule has 1 atom stereocenters. The Morgan fingerprint density at radius 3 is 2.94 bits per heavy atom. The molecule has 0 radical (unpaired) electrons. The van der Waals surface area contributed by atoms with Crippen molar-refractivity contribution >= 4 is 5.91 Å². The molecular formula is C13H17NO3. The summed E-state index contributed by atoms with van der Waals surface area (Å²) in [4.78, 5) is 13.2. The van der Waals surface area contributed by atoms with E-state index in [1.807, 2.05) is 18.2 Å². The van der Waals surface area contributed by atoms with E-state index in [0.29, 0.717) is 12.8 Å². The van der Waals surface area contributed by atoms with E-state index >= 15 is 0 Å². The number of ether oxygens (including phenoxy) is 1. The van der Waals surface area contributed by atoms with Gasteiger partial charge in [0.1, 0.15) is 5.75 Å². The fourth-order valence-corrected chi connectivity index (χ4v) is 1.73. The zero-order valence-electron chi connectivity index (χ0n) is 9.93. The number of methoxy groups -OCH3 is 1. The van der Waals surface area contributed by atoms with Gasteiger partial charge in [-0.15, -0.1) is 0 Å². The number of aliphatic hydroxyl groups is 1. The van der Waals surface area contributed by atoms with Crippen LogP contribution in [0.1, 0.15) is 24.5 Å². The summed E-state index contributed by atoms with van der Waals surface area (Å²) in [7, 11) is 1.59. The summed E-state index contributed by atoms with van der Waals surface area (Å²) in [5, 5.41) is 9.97. The molecule has 1 amide bonds. The molecule has 1 aromatic rings. The number of amides is 1. The van der Waals surface area contributed by atoms with Crippen LogP contribution in [0.15, 0.2) is 24.3 Å². The molecule has 1 aliphatic rings. The third kappa shape index (κ3) is 3.20. The van der Waals surface area contributed by atoms with E-state index in [-0.39, 0.29) is 5.91 Å². The van der Waals surface area contributed by atoms with Crippen molar-refractivity contribution in [3.05, 3.63) is 29.8 Å². The van der Waals surface area contributed by atoms with E-state index in [4.69, 9.17) is 4.74 Å². The minimum atomic E-state index is -0.603. The zero-order chi connectivity index (χ0) is 12.3. The van der Waals surface area contributed by atoms with Gasteiger partial charge in [-0.25, -0.2) is 0 Å². The lowest BCUT2D eigenvalue weighted by molar-refractivity contribution is -0.126. The molecule has 92 valence electrons. The van der Waals surface area contributed by atoms with Crippen LogP contribution in [0.4, 0.5) is 0 Å². The highest BCUT2D eigenvalue weighted by atomic mass is 16.5. The Kier molecular flexibility index (Phi) is 3.64. The standard InChI is InChI=1S/C13H17NO3/c1-17-11-4-2-3-10(9-11)12(15)5-6-13(16)14-7-8-14/h2-4,9,12,15H,5-8H2,1H3. The summed E-state index contributed by atoms with van der Waals surface area (Å²) in [5.74, 6) is 0.853. The van der Waals surface area contributed by atoms with Crippen LogP contribution in [0.3, 0.4) is 0 Å². The maximum absolute atomic E-state index is 11.5. The Balaban J connectivity index is 1.89. The molecule has 1 N–H and O–H groups in total. The number of carbonyl (C=O) groups is 1. The number of aliphatic hydroxyl groups excluding tert-OH is 1. The van der Waals surface area contributed by atoms with Crippen LogP contribution in [-0.4, -0.2) is 36.1 Å². The van der Waals surface area contributed by atoms with E-state index in [1.165, 1.54) is 0 Å². The molecule has 0 aliphatic carbocycles. The lowest BCUT2D eigenvalue weighted by atomic mass is 10.0. The zero-order valence-corrected chi connectivity index (χ0v) is 9.93. The van der Waals surface area contributed by atoms with Gasteiger partial charge in [-0.1, -0.05) is 12.1 Å². The van der Waals surface area contributed by atoms with Crippen LogP contribution in [0.2, 0.25) is 0 Å². The fourth-order valence-electron chi connectivity index (χ4n) is 1.73. The van der Waals surface area contributed by atoms with Gasteiger partial charge in [0.15, 0.2) is 0 Å². The predicted molar refractivity (Wildman–Crippen MR) is 63.8 cm³/mol. The maximum Gasteiger partial charge on any atom is 0.222 e. The second-order valence-corrected chi connectivity index (χ2v) is 4.21. The molecule has 1 fully saturated rings. The second-order valence-electron chi connectivity index (χ2n) is 4.21. The lowest BCUT2D eigenvalue weighted by Crippen LogP contribution is -2.11. The molecule has 0 aromatic heterocycles. The molecule has 1 unspecified atom stereocenters. The lowest BCUT2D eigenvalue weighted by Gasteiger charge is -2.11. The van der Waals surface area contributed by atoms with Crippen molar-refractivity contribution in [2.24, 2.45) is 0 Å². The van der Waals surface area contributed by atoms with Crippen LogP contribution >= 0.6 is 0 Å². The summed E-state index contributed by atoms with van der Waals surface area (Å²) < 4.78 is 5.09. The highest BCUT2D eigenvalue weighted by Crippen LogP contribution is 2.23. The Hall–Kier alpha value is -1.55. The first-order valence-electron chi connectivity index (χ1n) is 5.80. The predicted octanol–water partition coefficient (Wildman–Crippen LogP) is 1.35. The molecular weight excluding hydrogens is 218 g/mol. The molecule has 0 spiro atoms. The third-order valence-electron chi connectivity index (χ3n) is 2.91. The number of hydrogen-bond acceptors (Lipinski definition) is 3. The number of nitrogens with zero attached hydrogens (tertiary/aromatic N) is 1. The van der Waals surface area contributed by atoms with Gasteiger partial charge in [0, 0.05) is 19.5 Å². The molecule has 2 rings (SSSR count). The van der Waals surface area contributed by atoms with Crippen LogP contribution < -0.4 is 4.74 Å². The smallest absolute Gasteiger partial charge is 0.222 e. The van der Waals surface area contributed by atoms with Gasteiger partial charge in [0.25, 0.3) is 0 Å². The van der Waals surface area contributed by atoms with Gasteiger partial charge >= 0.3 is 0 Å². The quantitative estimate of drug-likeness (QED) is 0.784. The van der Waals surface area contributed by atoms with E-state index < -0.39 is 6.10 Å². The van der Waals surface area contributed by atoms with Crippen molar-refractivity contribution in [1.82, 2.24) is 4.90 Å². The molecule has 0 bridgehead atoms. The molecule has 1 aliphatic heterocycles. The monoisotopic (exact) mass is 235 g/mol. The van der Waals surface area contributed by atoms with Crippen LogP contribution in [-0.2, 0) is 4.79 Å². The van der Waals surface area contributed by atoms with E-state index in [0.717, 1.165) is 24.4 Å². The Labute approximate surface area is 101 Å². The summed E-state index contributed by atoms with van der Waals surface area (Å²) in [6.45, 7) is 1.74. The van der Waals surface area contributed by atoms with Gasteiger partial charge in [0.2, 0.25) is 5.91 Å². The Morgan fingerprint density at radius 1 is 1.53 bits per heavy atom. The van der Waals surface area contributed by atoms with E-state index in [1.54, 1.807) is 18.1 Å². The van der Waals surface area contributed by atoms with Gasteiger partial charge < -0.3 is 14.7 Å². The summed E-state index contributed by atoms with van der Waals surface area (Å²) in [6.07, 6.45) is 0.259. The highest BCUT2D eigenvalue weighted by Gasteiger charge is 2.24. The highest BCUT2D eigenvalue weighted by molar-refractivity contribution is 5.78. The third-order valence-corrected chi connectivity index (χ3v) is 2.91. The van der Waals surface area contributed by atoms with Crippen LogP contribution in [0.5, 0.6) is 5.75 Å². The van der Waals surface area contributed by atoms with Crippen molar-refractivity contribution in [2.45, 2.75) is 18.9 Å². The van der Waals surface area contributed by atoms with Crippen molar-refractivity contribution in [1.29, 1.82) is 0 Å². The Morgan fingerprint density at radius 2 is 2.29 bits per heavy atom. The summed E-state index contributed by atoms with van der Waals surface area (Å²) in [6, 6.07) is 7.31. The molecule has 1 saturated heterocycles. The van der Waals surface area contributed by atoms with Gasteiger partial charge in [-0.05, 0) is 24.1 Å². The first kappa shape index (κ1) is 11.9. The first-order chi connectivity index (χ1) is 8.20. The van der Waals surface area contributed by atoms with Gasteiger partial charge in [-0.2, -0.15) is 0 Å². The summed E-state index contributed by atoms with van der Waals surface area (Å²) >= 11 is 0. The van der Waals surface area contributed by atoms with Crippen molar-refractivity contribution in [3.8, 4) is 5.75 Å². The Bertz CT molecular complexity index is 401. The number of rotatable bonds is 5. The van der Waals surface area contributed by atoms with Crippen molar-refractivity contribution in [2.75, 3.05) is 20.2 Å². The molecule has 4 nitrogen and oxygen atoms in total. The number of hydrogen-bond donors (Lipinski definition) is 1. The SMILES string of the molecule is COc1cccc(C(O)CCC(=O)N2CC2)c1. The topological polar surface area (TPSA) is 49.5 Å². The van der Waals surface area contributed by atoms with E-state index in [9.17, 15) is 9.90 Å². The minimum Gasteiger partial charge on any atom is -0.497 e. The van der Waals surface area contributed by atoms with Gasteiger partial charge in [-0.3, -0.25) is 4.79 Å². The summed E-state index contributed by atoms with van der Waals surface area (Å²) in [5.41, 5.74) is 0.794. The van der Waals surface area contributed by atoms with Crippen LogP contribution in [0, 0.1) is 0 Å². The normalized spacial score (nSPS) is 15.5. The number of benzene rings is 1. The van der Waals surface area contributed by atoms with Crippen LogP contribution in [0.25, 0.3) is 0 Å². The first-order valence-corrected chi connectivity index (χ1v) is 5.80. The average Bonchev–Trinajstić information content (AvgIpc) is 3.19. The molecule has 1 aromatic carbocycles. The van der Waals surface area contributed by atoms with Crippen molar-refractivity contribution < 1.29 is 14.6 Å². The number of carbonyl (C=O) groups excluding carboxylic acids is 1. The molecule has 1 heterocycles. The molecule has 17 heavy (non-hydrogen) atoms. The minimum absolute atomic E-state index is 0.131. The van der Waals surface area contributed by atoms with Gasteiger partial charge in [0.05, 0.1) is 13.2 Å². The van der Waals surface area contributed by atoms with E-state index in [2.05, 4.69) is 0 Å². The maximum atomic E-state index is 11.5. The molecule has 4 heteroatoms. The fraction of sp³-hybridized carbons (Fsp3) is 0.462. The average molecular weight is 235 g/mol. The second kappa shape index (κ2) is 5.19. The largest absolute Gasteiger partial charge is 0.497 e. The molecule has 0 saturated carbocycles.